The van der Waals surface area contributed by atoms with Crippen LogP contribution in [0.1, 0.15) is 54.6 Å². The molecule has 6 nitrogen and oxygen atoms in total. The highest BCUT2D eigenvalue weighted by Gasteiger charge is 2.35. The molecule has 0 aliphatic carbocycles. The van der Waals surface area contributed by atoms with Crippen molar-refractivity contribution in [3.05, 3.63) is 83.4 Å². The van der Waals surface area contributed by atoms with Crippen molar-refractivity contribution >= 4 is 22.8 Å². The van der Waals surface area contributed by atoms with Gasteiger partial charge < -0.3 is 19.5 Å². The van der Waals surface area contributed by atoms with E-state index < -0.39 is 11.6 Å². The molecule has 1 aliphatic rings. The Balaban J connectivity index is 1.55. The largest absolute Gasteiger partial charge is 0.478 e. The molecule has 2 atom stereocenters. The third-order valence-electron chi connectivity index (χ3n) is 6.05. The van der Waals surface area contributed by atoms with Gasteiger partial charge in [0.15, 0.2) is 0 Å². The van der Waals surface area contributed by atoms with E-state index in [-0.39, 0.29) is 23.7 Å². The first-order valence-electron chi connectivity index (χ1n) is 11.6. The normalized spacial score (nSPS) is 18.6. The summed E-state index contributed by atoms with van der Waals surface area (Å²) >= 11 is 0. The lowest BCUT2D eigenvalue weighted by Gasteiger charge is -2.39. The third kappa shape index (κ3) is 5.75. The lowest BCUT2D eigenvalue weighted by molar-refractivity contribution is -0.0359. The Labute approximate surface area is 200 Å². The fraction of sp³-hybridized carbons (Fsp3) is 0.357. The second-order valence-electron chi connectivity index (χ2n) is 9.78. The summed E-state index contributed by atoms with van der Waals surface area (Å²) in [6.45, 7) is 6.85. The minimum atomic E-state index is -0.957. The van der Waals surface area contributed by atoms with E-state index in [0.29, 0.717) is 26.1 Å². The smallest absolute Gasteiger partial charge is 0.410 e. The number of carbonyl (C=O) groups excluding carboxylic acids is 1. The van der Waals surface area contributed by atoms with Crippen LogP contribution in [0.5, 0.6) is 0 Å². The van der Waals surface area contributed by atoms with Crippen molar-refractivity contribution in [3.63, 3.8) is 0 Å². The number of likely N-dealkylation sites (tertiary alicyclic amines) is 1. The number of aromatic carboxylic acids is 1. The standard InChI is InChI=1S/C28H31NO5/c1-28(2,3)34-27(32)29-14-13-24(22-9-6-10-23(16-22)26(30)31)25(17-29)33-18-19-11-12-20-7-4-5-8-21(20)15-19/h4-12,15-16,24-25H,13-14,17-18H2,1-3H3,(H,30,31). The van der Waals surface area contributed by atoms with Gasteiger partial charge in [-0.1, -0.05) is 48.5 Å². The molecule has 0 radical (unpaired) electrons. The van der Waals surface area contributed by atoms with Crippen LogP contribution in [0.4, 0.5) is 4.79 Å². The highest BCUT2D eigenvalue weighted by Crippen LogP contribution is 2.32. The van der Waals surface area contributed by atoms with Crippen LogP contribution in [0.2, 0.25) is 0 Å². The average Bonchev–Trinajstić information content (AvgIpc) is 2.81. The summed E-state index contributed by atoms with van der Waals surface area (Å²) in [6.07, 6.45) is 0.00589. The Kier molecular flexibility index (Phi) is 6.89. The summed E-state index contributed by atoms with van der Waals surface area (Å²) in [7, 11) is 0. The van der Waals surface area contributed by atoms with Gasteiger partial charge in [0.1, 0.15) is 5.60 Å². The van der Waals surface area contributed by atoms with Crippen molar-refractivity contribution in [2.24, 2.45) is 0 Å². The number of ether oxygens (including phenoxy) is 2. The second-order valence-corrected chi connectivity index (χ2v) is 9.78. The quantitative estimate of drug-likeness (QED) is 0.516. The molecule has 1 heterocycles. The van der Waals surface area contributed by atoms with Crippen molar-refractivity contribution < 1.29 is 24.2 Å². The van der Waals surface area contributed by atoms with Crippen molar-refractivity contribution in [1.29, 1.82) is 0 Å². The third-order valence-corrected chi connectivity index (χ3v) is 6.05. The molecule has 0 saturated carbocycles. The summed E-state index contributed by atoms with van der Waals surface area (Å²) < 4.78 is 12.0. The predicted molar refractivity (Wildman–Crippen MR) is 131 cm³/mol. The predicted octanol–water partition coefficient (Wildman–Crippen LogP) is 5.85. The van der Waals surface area contributed by atoms with E-state index in [2.05, 4.69) is 30.3 Å². The SMILES string of the molecule is CC(C)(C)OC(=O)N1CCC(c2cccc(C(=O)O)c2)C(OCc2ccc3ccccc3c2)C1. The van der Waals surface area contributed by atoms with Crippen molar-refractivity contribution in [2.45, 2.75) is 51.4 Å². The second kappa shape index (κ2) is 9.85. The summed E-state index contributed by atoms with van der Waals surface area (Å²) in [5.41, 5.74) is 1.63. The van der Waals surface area contributed by atoms with Crippen LogP contribution >= 0.6 is 0 Å². The van der Waals surface area contributed by atoms with Gasteiger partial charge in [-0.3, -0.25) is 0 Å². The van der Waals surface area contributed by atoms with Crippen LogP contribution in [-0.2, 0) is 16.1 Å². The maximum atomic E-state index is 12.7. The molecular weight excluding hydrogens is 430 g/mol. The Morgan fingerprint density at radius 1 is 1.00 bits per heavy atom. The zero-order valence-electron chi connectivity index (χ0n) is 19.9. The van der Waals surface area contributed by atoms with Gasteiger partial charge in [0.2, 0.25) is 0 Å². The van der Waals surface area contributed by atoms with Crippen LogP contribution in [0, 0.1) is 0 Å². The van der Waals surface area contributed by atoms with Gasteiger partial charge in [-0.15, -0.1) is 0 Å². The highest BCUT2D eigenvalue weighted by atomic mass is 16.6. The molecule has 3 aromatic carbocycles. The molecule has 6 heteroatoms. The number of amides is 1. The lowest BCUT2D eigenvalue weighted by Crippen LogP contribution is -2.48. The van der Waals surface area contributed by atoms with Crippen molar-refractivity contribution in [1.82, 2.24) is 4.90 Å². The molecule has 1 aliphatic heterocycles. The number of rotatable bonds is 5. The van der Waals surface area contributed by atoms with E-state index >= 15 is 0 Å². The van der Waals surface area contributed by atoms with Crippen LogP contribution in [0.25, 0.3) is 10.8 Å². The Morgan fingerprint density at radius 3 is 2.50 bits per heavy atom. The molecule has 0 spiro atoms. The topological polar surface area (TPSA) is 76.1 Å². The van der Waals surface area contributed by atoms with Gasteiger partial charge in [0, 0.05) is 12.5 Å². The number of carbonyl (C=O) groups is 2. The van der Waals surface area contributed by atoms with Crippen LogP contribution in [0.3, 0.4) is 0 Å². The van der Waals surface area contributed by atoms with E-state index in [1.165, 1.54) is 5.39 Å². The number of carboxylic acids is 1. The van der Waals surface area contributed by atoms with E-state index in [4.69, 9.17) is 9.47 Å². The summed E-state index contributed by atoms with van der Waals surface area (Å²) in [5.74, 6) is -0.986. The van der Waals surface area contributed by atoms with Gasteiger partial charge in [-0.25, -0.2) is 9.59 Å². The van der Waals surface area contributed by atoms with Gasteiger partial charge in [-0.05, 0) is 67.3 Å². The van der Waals surface area contributed by atoms with Gasteiger partial charge >= 0.3 is 12.1 Å². The van der Waals surface area contributed by atoms with Crippen LogP contribution < -0.4 is 0 Å². The molecule has 34 heavy (non-hydrogen) atoms. The molecule has 4 rings (SSSR count). The van der Waals surface area contributed by atoms with Gasteiger partial charge in [0.05, 0.1) is 24.8 Å². The molecule has 0 bridgehead atoms. The monoisotopic (exact) mass is 461 g/mol. The molecular formula is C28H31NO5. The summed E-state index contributed by atoms with van der Waals surface area (Å²) in [6, 6.07) is 21.4. The fourth-order valence-corrected chi connectivity index (χ4v) is 4.39. The Bertz CT molecular complexity index is 1180. The maximum absolute atomic E-state index is 12.7. The summed E-state index contributed by atoms with van der Waals surface area (Å²) in [5, 5.41) is 11.8. The number of nitrogens with zero attached hydrogens (tertiary/aromatic N) is 1. The number of fused-ring (bicyclic) bond motifs is 1. The van der Waals surface area contributed by atoms with Gasteiger partial charge in [-0.2, -0.15) is 0 Å². The first-order valence-corrected chi connectivity index (χ1v) is 11.6. The zero-order chi connectivity index (χ0) is 24.3. The minimum absolute atomic E-state index is 0.0292. The van der Waals surface area contributed by atoms with E-state index in [1.54, 1.807) is 23.1 Å². The summed E-state index contributed by atoms with van der Waals surface area (Å²) in [4.78, 5) is 25.9. The molecule has 1 fully saturated rings. The number of piperidine rings is 1. The number of hydrogen-bond donors (Lipinski definition) is 1. The Hall–Kier alpha value is -3.38. The average molecular weight is 462 g/mol. The van der Waals surface area contributed by atoms with Crippen LogP contribution in [0.15, 0.2) is 66.7 Å². The molecule has 1 N–H and O–H groups in total. The number of hydrogen-bond acceptors (Lipinski definition) is 4. The highest BCUT2D eigenvalue weighted by molar-refractivity contribution is 5.87. The molecule has 2 unspecified atom stereocenters. The molecule has 1 saturated heterocycles. The fourth-order valence-electron chi connectivity index (χ4n) is 4.39. The first kappa shape index (κ1) is 23.8. The van der Waals surface area contributed by atoms with E-state index in [1.807, 2.05) is 39.0 Å². The van der Waals surface area contributed by atoms with Gasteiger partial charge in [0.25, 0.3) is 0 Å². The first-order chi connectivity index (χ1) is 16.2. The van der Waals surface area contributed by atoms with Crippen molar-refractivity contribution in [3.8, 4) is 0 Å². The minimum Gasteiger partial charge on any atom is -0.478 e. The molecule has 0 aromatic heterocycles. The van der Waals surface area contributed by atoms with Crippen LogP contribution in [-0.4, -0.2) is 46.9 Å². The number of carboxylic acid groups (broad SMARTS) is 1. The zero-order valence-corrected chi connectivity index (χ0v) is 19.9. The maximum Gasteiger partial charge on any atom is 0.410 e. The van der Waals surface area contributed by atoms with Crippen molar-refractivity contribution in [2.75, 3.05) is 13.1 Å². The van der Waals surface area contributed by atoms with E-state index in [9.17, 15) is 14.7 Å². The molecule has 178 valence electrons. The molecule has 3 aromatic rings. The lowest BCUT2D eigenvalue weighted by atomic mass is 9.86. The Morgan fingerprint density at radius 2 is 1.76 bits per heavy atom. The van der Waals surface area contributed by atoms with E-state index in [0.717, 1.165) is 16.5 Å². The number of benzene rings is 3. The molecule has 1 amide bonds.